The van der Waals surface area contributed by atoms with Gasteiger partial charge < -0.3 is 0 Å². The summed E-state index contributed by atoms with van der Waals surface area (Å²) in [5.41, 5.74) is 2.74. The Morgan fingerprint density at radius 2 is 1.65 bits per heavy atom. The van der Waals surface area contributed by atoms with E-state index in [4.69, 9.17) is 0 Å². The van der Waals surface area contributed by atoms with Gasteiger partial charge in [0.15, 0.2) is 11.6 Å². The maximum Gasteiger partial charge on any atom is 0.162 e. The molecule has 31 heavy (non-hydrogen) atoms. The largest absolute Gasteiger partial charge is 0.206 e. The predicted molar refractivity (Wildman–Crippen MR) is 126 cm³/mol. The van der Waals surface area contributed by atoms with Crippen LogP contribution in [0.15, 0.2) is 84.8 Å². The van der Waals surface area contributed by atoms with Gasteiger partial charge in [-0.25, -0.2) is 13.2 Å². The molecule has 0 bridgehead atoms. The summed E-state index contributed by atoms with van der Waals surface area (Å²) in [7, 11) is 0. The van der Waals surface area contributed by atoms with Crippen LogP contribution in [0.2, 0.25) is 0 Å². The van der Waals surface area contributed by atoms with Gasteiger partial charge in [-0.3, -0.25) is 0 Å². The van der Waals surface area contributed by atoms with Crippen molar-refractivity contribution in [2.75, 3.05) is 0 Å². The van der Waals surface area contributed by atoms with Crippen LogP contribution < -0.4 is 0 Å². The summed E-state index contributed by atoms with van der Waals surface area (Å²) >= 11 is 0. The van der Waals surface area contributed by atoms with Gasteiger partial charge in [-0.05, 0) is 67.2 Å². The van der Waals surface area contributed by atoms with E-state index in [2.05, 4.69) is 33.2 Å². The molecule has 0 aromatic heterocycles. The van der Waals surface area contributed by atoms with Crippen LogP contribution in [0.25, 0.3) is 0 Å². The molecule has 0 nitrogen and oxygen atoms in total. The first kappa shape index (κ1) is 24.7. The van der Waals surface area contributed by atoms with Gasteiger partial charge in [0.05, 0.1) is 0 Å². The van der Waals surface area contributed by atoms with Crippen LogP contribution >= 0.6 is 0 Å². The molecular formula is C28H33F3. The maximum absolute atomic E-state index is 14.7. The molecule has 1 aromatic rings. The Balaban J connectivity index is 1.96. The fraction of sp³-hybridized carbons (Fsp3) is 0.357. The molecule has 1 saturated carbocycles. The minimum absolute atomic E-state index is 0.107. The Morgan fingerprint density at radius 1 is 1.00 bits per heavy atom. The summed E-state index contributed by atoms with van der Waals surface area (Å²) in [5, 5.41) is 0. The Morgan fingerprint density at radius 3 is 2.26 bits per heavy atom. The summed E-state index contributed by atoms with van der Waals surface area (Å²) in [6, 6.07) is 3.44. The summed E-state index contributed by atoms with van der Waals surface area (Å²) in [6.45, 7) is 19.0. The van der Waals surface area contributed by atoms with Crippen molar-refractivity contribution in [2.24, 2.45) is 5.92 Å². The third-order valence-corrected chi connectivity index (χ3v) is 5.93. The fourth-order valence-corrected chi connectivity index (χ4v) is 3.84. The number of benzene rings is 1. The van der Waals surface area contributed by atoms with E-state index in [1.165, 1.54) is 6.08 Å². The van der Waals surface area contributed by atoms with Gasteiger partial charge in [-0.2, -0.15) is 0 Å². The first-order valence-electron chi connectivity index (χ1n) is 10.8. The zero-order valence-electron chi connectivity index (χ0n) is 18.7. The smallest absolute Gasteiger partial charge is 0.162 e. The molecule has 0 unspecified atom stereocenters. The van der Waals surface area contributed by atoms with Crippen LogP contribution in [-0.2, 0) is 6.42 Å². The second-order valence-corrected chi connectivity index (χ2v) is 8.73. The Bertz CT molecular complexity index is 922. The number of allylic oxidation sites excluding steroid dienone is 8. The van der Waals surface area contributed by atoms with Crippen molar-refractivity contribution in [3.8, 4) is 0 Å². The molecular weight excluding hydrogens is 393 g/mol. The molecule has 0 N–H and O–H groups in total. The summed E-state index contributed by atoms with van der Waals surface area (Å²) < 4.78 is 43.3. The highest BCUT2D eigenvalue weighted by atomic mass is 19.2. The van der Waals surface area contributed by atoms with Crippen molar-refractivity contribution in [1.29, 1.82) is 0 Å². The monoisotopic (exact) mass is 426 g/mol. The van der Waals surface area contributed by atoms with Crippen LogP contribution in [0.1, 0.15) is 63.0 Å². The van der Waals surface area contributed by atoms with E-state index in [-0.39, 0.29) is 11.5 Å². The van der Waals surface area contributed by atoms with Gasteiger partial charge in [0.1, 0.15) is 5.83 Å². The molecule has 0 atom stereocenters. The molecule has 0 aliphatic heterocycles. The summed E-state index contributed by atoms with van der Waals surface area (Å²) in [5.74, 6) is -1.18. The van der Waals surface area contributed by atoms with E-state index >= 15 is 0 Å². The molecule has 2 rings (SSSR count). The van der Waals surface area contributed by atoms with Crippen LogP contribution in [0.5, 0.6) is 0 Å². The molecule has 0 spiro atoms. The molecule has 0 saturated heterocycles. The van der Waals surface area contributed by atoms with E-state index in [1.54, 1.807) is 31.2 Å². The van der Waals surface area contributed by atoms with E-state index in [9.17, 15) is 13.2 Å². The van der Waals surface area contributed by atoms with Gasteiger partial charge in [0.25, 0.3) is 0 Å². The first-order valence-corrected chi connectivity index (χ1v) is 10.8. The SMILES string of the molecule is C=C(C)/C=C(/F)C(=C)C(=C)/C=C\C(=C)CCc1ccc(C2CCC(C)CC2)c(F)c1F. The van der Waals surface area contributed by atoms with Gasteiger partial charge in [0.2, 0.25) is 0 Å². The lowest BCUT2D eigenvalue weighted by molar-refractivity contribution is 0.339. The van der Waals surface area contributed by atoms with Gasteiger partial charge in [0, 0.05) is 5.57 Å². The average Bonchev–Trinajstić information content (AvgIpc) is 2.72. The summed E-state index contributed by atoms with van der Waals surface area (Å²) in [6.07, 6.45) is 9.36. The molecule has 0 heterocycles. The minimum Gasteiger partial charge on any atom is -0.206 e. The van der Waals surface area contributed by atoms with Crippen molar-refractivity contribution in [3.05, 3.63) is 108 Å². The van der Waals surface area contributed by atoms with E-state index < -0.39 is 17.5 Å². The highest BCUT2D eigenvalue weighted by Gasteiger charge is 2.24. The van der Waals surface area contributed by atoms with Gasteiger partial charge >= 0.3 is 0 Å². The van der Waals surface area contributed by atoms with Crippen molar-refractivity contribution in [2.45, 2.75) is 58.3 Å². The van der Waals surface area contributed by atoms with Crippen LogP contribution in [0, 0.1) is 17.6 Å². The van der Waals surface area contributed by atoms with Crippen molar-refractivity contribution in [3.63, 3.8) is 0 Å². The van der Waals surface area contributed by atoms with Gasteiger partial charge in [-0.1, -0.05) is 81.5 Å². The zero-order valence-corrected chi connectivity index (χ0v) is 18.7. The third kappa shape index (κ3) is 6.99. The highest BCUT2D eigenvalue weighted by molar-refractivity contribution is 5.48. The lowest BCUT2D eigenvalue weighted by Gasteiger charge is -2.27. The number of hydrogen-bond acceptors (Lipinski definition) is 0. The summed E-state index contributed by atoms with van der Waals surface area (Å²) in [4.78, 5) is 0. The van der Waals surface area contributed by atoms with Crippen LogP contribution in [0.3, 0.4) is 0 Å². The molecule has 1 aromatic carbocycles. The standard InChI is InChI=1S/C28H33F3/c1-18(2)17-26(29)22(6)21(5)11-7-19(3)10-14-24-15-16-25(28(31)27(24)30)23-12-8-20(4)9-13-23/h7,11,15-17,20,23H,1,3,5-6,8-10,12-14H2,2,4H3/b11-7-,26-17+. The predicted octanol–water partition coefficient (Wildman–Crippen LogP) is 8.85. The molecule has 166 valence electrons. The molecule has 0 radical (unpaired) electrons. The average molecular weight is 427 g/mol. The number of halogens is 3. The lowest BCUT2D eigenvalue weighted by Crippen LogP contribution is -2.13. The number of hydrogen-bond donors (Lipinski definition) is 0. The Hall–Kier alpha value is -2.55. The van der Waals surface area contributed by atoms with Crippen molar-refractivity contribution >= 4 is 0 Å². The lowest BCUT2D eigenvalue weighted by atomic mass is 9.79. The fourth-order valence-electron chi connectivity index (χ4n) is 3.84. The van der Waals surface area contributed by atoms with E-state index in [0.29, 0.717) is 46.6 Å². The van der Waals surface area contributed by atoms with E-state index in [0.717, 1.165) is 25.7 Å². The topological polar surface area (TPSA) is 0 Å². The van der Waals surface area contributed by atoms with Crippen LogP contribution in [-0.4, -0.2) is 0 Å². The normalized spacial score (nSPS) is 19.5. The first-order chi connectivity index (χ1) is 14.6. The second-order valence-electron chi connectivity index (χ2n) is 8.73. The molecule has 0 amide bonds. The maximum atomic E-state index is 14.7. The van der Waals surface area contributed by atoms with E-state index in [1.807, 2.05) is 0 Å². The van der Waals surface area contributed by atoms with Crippen LogP contribution in [0.4, 0.5) is 13.2 Å². The highest BCUT2D eigenvalue weighted by Crippen LogP contribution is 2.37. The third-order valence-electron chi connectivity index (χ3n) is 5.93. The Labute approximate surface area is 185 Å². The molecule has 3 heteroatoms. The zero-order chi connectivity index (χ0) is 23.1. The molecule has 1 aliphatic carbocycles. The number of rotatable bonds is 9. The van der Waals surface area contributed by atoms with Crippen molar-refractivity contribution < 1.29 is 13.2 Å². The second kappa shape index (κ2) is 11.2. The van der Waals surface area contributed by atoms with Gasteiger partial charge in [-0.15, -0.1) is 0 Å². The Kier molecular flexibility index (Phi) is 8.91. The number of aryl methyl sites for hydroxylation is 1. The molecule has 1 aliphatic rings. The minimum atomic E-state index is -0.752. The van der Waals surface area contributed by atoms with Crippen molar-refractivity contribution in [1.82, 2.24) is 0 Å². The molecule has 1 fully saturated rings. The quantitative estimate of drug-likeness (QED) is 0.346.